The zero-order valence-electron chi connectivity index (χ0n) is 12.1. The van der Waals surface area contributed by atoms with Gasteiger partial charge in [0.1, 0.15) is 17.9 Å². The van der Waals surface area contributed by atoms with E-state index in [4.69, 9.17) is 16.3 Å². The predicted octanol–water partition coefficient (Wildman–Crippen LogP) is 2.55. The Kier molecular flexibility index (Phi) is 7.18. The number of hydrogen-bond acceptors (Lipinski definition) is 4. The van der Waals surface area contributed by atoms with Gasteiger partial charge in [-0.1, -0.05) is 12.1 Å². The van der Waals surface area contributed by atoms with Gasteiger partial charge in [0.2, 0.25) is 0 Å². The van der Waals surface area contributed by atoms with Crippen LogP contribution < -0.4 is 10.1 Å². The highest BCUT2D eigenvalue weighted by atomic mass is 35.5. The first kappa shape index (κ1) is 16.9. The molecule has 1 aromatic rings. The van der Waals surface area contributed by atoms with Gasteiger partial charge in [0.25, 0.3) is 0 Å². The van der Waals surface area contributed by atoms with Crippen LogP contribution in [0.15, 0.2) is 45.6 Å². The number of carbonyl (C=O) groups excluding carboxylic acids is 1. The molecule has 1 rings (SSSR count). The van der Waals surface area contributed by atoms with Gasteiger partial charge in [-0.2, -0.15) is 0 Å². The van der Waals surface area contributed by atoms with Crippen molar-refractivity contribution in [2.45, 2.75) is 13.5 Å². The average Bonchev–Trinajstić information content (AvgIpc) is 2.50. The first-order valence-corrected chi connectivity index (χ1v) is 6.81. The molecule has 21 heavy (non-hydrogen) atoms. The molecular weight excluding hydrogens is 290 g/mol. The van der Waals surface area contributed by atoms with Crippen LogP contribution in [-0.2, 0) is 11.3 Å². The molecule has 0 spiro atoms. The highest BCUT2D eigenvalue weighted by molar-refractivity contribution is 6.22. The van der Waals surface area contributed by atoms with E-state index in [1.807, 2.05) is 24.3 Å². The summed E-state index contributed by atoms with van der Waals surface area (Å²) in [5, 5.41) is 3.09. The summed E-state index contributed by atoms with van der Waals surface area (Å²) in [6.45, 7) is 5.27. The van der Waals surface area contributed by atoms with Crippen LogP contribution in [0.25, 0.3) is 0 Å². The number of ketones is 1. The maximum Gasteiger partial charge on any atom is 0.160 e. The fourth-order valence-electron chi connectivity index (χ4n) is 1.58. The molecule has 0 unspecified atom stereocenters. The number of ether oxygens (including phenoxy) is 1. The van der Waals surface area contributed by atoms with E-state index in [9.17, 15) is 4.79 Å². The third-order valence-corrected chi connectivity index (χ3v) is 3.00. The molecule has 0 fully saturated rings. The molecule has 0 atom stereocenters. The van der Waals surface area contributed by atoms with Crippen molar-refractivity contribution in [3.05, 3.63) is 41.2 Å². The zero-order chi connectivity index (χ0) is 15.7. The van der Waals surface area contributed by atoms with Gasteiger partial charge in [-0.05, 0) is 31.3 Å². The lowest BCUT2D eigenvalue weighted by Gasteiger charge is -2.10. The fourth-order valence-corrected chi connectivity index (χ4v) is 1.90. The van der Waals surface area contributed by atoms with Gasteiger partial charge in [-0.15, -0.1) is 11.6 Å². The number of Topliss-reactive ketones (excluding diaryl/α,β-unsaturated/α-hetero) is 1. The van der Waals surface area contributed by atoms with E-state index >= 15 is 0 Å². The number of halogens is 1. The summed E-state index contributed by atoms with van der Waals surface area (Å²) in [5.74, 6) is 1.13. The molecule has 0 amide bonds. The van der Waals surface area contributed by atoms with E-state index in [1.54, 1.807) is 7.11 Å². The van der Waals surface area contributed by atoms with Gasteiger partial charge in [-0.25, -0.2) is 4.99 Å². The molecule has 1 N–H and O–H groups in total. The van der Waals surface area contributed by atoms with Crippen molar-refractivity contribution >= 4 is 30.4 Å². The van der Waals surface area contributed by atoms with Crippen LogP contribution in [0.2, 0.25) is 0 Å². The minimum Gasteiger partial charge on any atom is -0.497 e. The van der Waals surface area contributed by atoms with Gasteiger partial charge < -0.3 is 10.1 Å². The van der Waals surface area contributed by atoms with Gasteiger partial charge in [0.15, 0.2) is 5.78 Å². The molecule has 0 aliphatic heterocycles. The van der Waals surface area contributed by atoms with Crippen LogP contribution in [0, 0.1) is 0 Å². The van der Waals surface area contributed by atoms with Crippen molar-refractivity contribution in [3.8, 4) is 5.75 Å². The van der Waals surface area contributed by atoms with Crippen LogP contribution in [0.5, 0.6) is 5.75 Å². The van der Waals surface area contributed by atoms with Crippen molar-refractivity contribution in [2.75, 3.05) is 13.0 Å². The zero-order valence-corrected chi connectivity index (χ0v) is 12.9. The number of nitrogens with zero attached hydrogens (tertiary/aromatic N) is 2. The Morgan fingerprint density at radius 2 is 2.10 bits per heavy atom. The number of methoxy groups -OCH3 is 1. The number of hydrogen-bond donors (Lipinski definition) is 1. The Morgan fingerprint density at radius 1 is 1.43 bits per heavy atom. The molecule has 6 heteroatoms. The number of nitrogens with one attached hydrogen (secondary N) is 1. The number of aliphatic imine (C=N–C) groups is 2. The monoisotopic (exact) mass is 307 g/mol. The van der Waals surface area contributed by atoms with E-state index in [0.717, 1.165) is 11.3 Å². The largest absolute Gasteiger partial charge is 0.497 e. The Labute approximate surface area is 129 Å². The van der Waals surface area contributed by atoms with Crippen LogP contribution in [-0.4, -0.2) is 31.8 Å². The van der Waals surface area contributed by atoms with E-state index in [-0.39, 0.29) is 11.7 Å². The lowest BCUT2D eigenvalue weighted by atomic mass is 10.2. The van der Waals surface area contributed by atoms with Gasteiger partial charge in [0.05, 0.1) is 18.6 Å². The van der Waals surface area contributed by atoms with Crippen molar-refractivity contribution in [1.29, 1.82) is 0 Å². The molecule has 1 aromatic carbocycles. The topological polar surface area (TPSA) is 63.1 Å². The Bertz CT molecular complexity index is 551. The summed E-state index contributed by atoms with van der Waals surface area (Å²) >= 11 is 5.80. The third-order valence-electron chi connectivity index (χ3n) is 2.73. The SMILES string of the molecule is C=N/C=N\C(NCc1ccc(OC)cc1)=C(/CCl)C(C)=O. The van der Waals surface area contributed by atoms with Crippen molar-refractivity contribution in [2.24, 2.45) is 9.98 Å². The fraction of sp³-hybridized carbons (Fsp3) is 0.267. The van der Waals surface area contributed by atoms with E-state index in [0.29, 0.717) is 17.9 Å². The minimum absolute atomic E-state index is 0.0781. The average molecular weight is 308 g/mol. The van der Waals surface area contributed by atoms with Crippen molar-refractivity contribution in [1.82, 2.24) is 5.32 Å². The summed E-state index contributed by atoms with van der Waals surface area (Å²) < 4.78 is 5.10. The van der Waals surface area contributed by atoms with Crippen molar-refractivity contribution < 1.29 is 9.53 Å². The molecular formula is C15H18ClN3O2. The second kappa shape index (κ2) is 8.92. The summed E-state index contributed by atoms with van der Waals surface area (Å²) in [7, 11) is 1.62. The quantitative estimate of drug-likeness (QED) is 0.347. The van der Waals surface area contributed by atoms with Crippen LogP contribution in [0.3, 0.4) is 0 Å². The number of benzene rings is 1. The van der Waals surface area contributed by atoms with Gasteiger partial charge in [-0.3, -0.25) is 9.79 Å². The number of rotatable bonds is 8. The maximum atomic E-state index is 11.6. The Morgan fingerprint density at radius 3 is 2.57 bits per heavy atom. The smallest absolute Gasteiger partial charge is 0.160 e. The normalized spacial score (nSPS) is 12.0. The lowest BCUT2D eigenvalue weighted by Crippen LogP contribution is -2.17. The summed E-state index contributed by atoms with van der Waals surface area (Å²) in [5.41, 5.74) is 1.43. The summed E-state index contributed by atoms with van der Waals surface area (Å²) in [6, 6.07) is 7.57. The minimum atomic E-state index is -0.136. The third kappa shape index (κ3) is 5.39. The molecule has 0 aliphatic carbocycles. The molecule has 0 bridgehead atoms. The molecule has 112 valence electrons. The Hall–Kier alpha value is -2.14. The second-order valence-corrected chi connectivity index (χ2v) is 4.41. The summed E-state index contributed by atoms with van der Waals surface area (Å²) in [6.07, 6.45) is 1.27. The van der Waals surface area contributed by atoms with Crippen LogP contribution >= 0.6 is 11.6 Å². The molecule has 0 aromatic heterocycles. The molecule has 0 aliphatic rings. The first-order chi connectivity index (χ1) is 10.1. The highest BCUT2D eigenvalue weighted by Gasteiger charge is 2.10. The maximum absolute atomic E-state index is 11.6. The highest BCUT2D eigenvalue weighted by Crippen LogP contribution is 2.13. The predicted molar refractivity (Wildman–Crippen MR) is 86.3 cm³/mol. The number of carbonyl (C=O) groups is 1. The van der Waals surface area contributed by atoms with E-state index in [1.165, 1.54) is 13.3 Å². The summed E-state index contributed by atoms with van der Waals surface area (Å²) in [4.78, 5) is 19.2. The first-order valence-electron chi connectivity index (χ1n) is 6.27. The Balaban J connectivity index is 2.88. The van der Waals surface area contributed by atoms with Gasteiger partial charge >= 0.3 is 0 Å². The van der Waals surface area contributed by atoms with Crippen LogP contribution in [0.1, 0.15) is 12.5 Å². The van der Waals surface area contributed by atoms with Crippen LogP contribution in [0.4, 0.5) is 0 Å². The number of allylic oxidation sites excluding steroid dienone is 1. The second-order valence-electron chi connectivity index (χ2n) is 4.15. The standard InChI is InChI=1S/C15H18ClN3O2/c1-11(20)14(8-16)15(19-10-17-2)18-9-12-4-6-13(21-3)7-5-12/h4-7,10,18H,2,8-9H2,1,3H3/b15-14+,19-10-. The molecule has 0 radical (unpaired) electrons. The van der Waals surface area contributed by atoms with Gasteiger partial charge in [0, 0.05) is 6.54 Å². The molecule has 5 nitrogen and oxygen atoms in total. The molecule has 0 heterocycles. The molecule has 0 saturated heterocycles. The van der Waals surface area contributed by atoms with E-state index < -0.39 is 0 Å². The number of alkyl halides is 1. The van der Waals surface area contributed by atoms with E-state index in [2.05, 4.69) is 22.0 Å². The van der Waals surface area contributed by atoms with Crippen molar-refractivity contribution in [3.63, 3.8) is 0 Å². The molecule has 0 saturated carbocycles. The lowest BCUT2D eigenvalue weighted by molar-refractivity contribution is -0.113.